The predicted molar refractivity (Wildman–Crippen MR) is 155 cm³/mol. The molecule has 0 aliphatic heterocycles. The molecule has 0 radical (unpaired) electrons. The van der Waals surface area contributed by atoms with Crippen molar-refractivity contribution in [2.24, 2.45) is 5.41 Å². The van der Waals surface area contributed by atoms with Crippen molar-refractivity contribution in [2.45, 2.75) is 27.7 Å². The Balaban J connectivity index is 1.75. The summed E-state index contributed by atoms with van der Waals surface area (Å²) in [6.45, 7) is 8.74. The molecule has 0 spiro atoms. The molecule has 4 aromatic rings. The van der Waals surface area contributed by atoms with Gasteiger partial charge in [-0.2, -0.15) is 0 Å². The number of fused-ring (bicyclic) bond motifs is 1. The van der Waals surface area contributed by atoms with Gasteiger partial charge >= 0.3 is 5.97 Å². The summed E-state index contributed by atoms with van der Waals surface area (Å²) < 4.78 is 10.7. The van der Waals surface area contributed by atoms with Crippen LogP contribution in [0, 0.1) is 5.41 Å². The zero-order valence-electron chi connectivity index (χ0n) is 23.2. The van der Waals surface area contributed by atoms with Gasteiger partial charge < -0.3 is 30.8 Å². The minimum absolute atomic E-state index is 0.111. The fraction of sp³-hybridized carbons (Fsp3) is 0.267. The molecule has 3 aromatic carbocycles. The van der Waals surface area contributed by atoms with Crippen molar-refractivity contribution >= 4 is 40.5 Å². The van der Waals surface area contributed by atoms with E-state index in [0.29, 0.717) is 52.3 Å². The van der Waals surface area contributed by atoms with E-state index in [2.05, 4.69) is 20.6 Å². The molecule has 0 saturated heterocycles. The molecule has 0 aliphatic rings. The highest BCUT2D eigenvalue weighted by molar-refractivity contribution is 6.11. The maximum atomic E-state index is 13.6. The highest BCUT2D eigenvalue weighted by Crippen LogP contribution is 2.32. The summed E-state index contributed by atoms with van der Waals surface area (Å²) in [5.41, 5.74) is 9.13. The number of carbonyl (C=O) groups excluding carboxylic acids is 3. The van der Waals surface area contributed by atoms with Crippen molar-refractivity contribution < 1.29 is 23.9 Å². The van der Waals surface area contributed by atoms with Gasteiger partial charge in [-0.1, -0.05) is 26.8 Å². The number of anilines is 2. The summed E-state index contributed by atoms with van der Waals surface area (Å²) in [6, 6.07) is 15.0. The molecular weight excluding hydrogens is 510 g/mol. The van der Waals surface area contributed by atoms with Crippen LogP contribution in [0.3, 0.4) is 0 Å². The molecule has 10 heteroatoms. The third kappa shape index (κ3) is 6.40. The van der Waals surface area contributed by atoms with Crippen LogP contribution in [0.15, 0.2) is 54.6 Å². The molecule has 0 bridgehead atoms. The van der Waals surface area contributed by atoms with E-state index in [1.54, 1.807) is 48.5 Å². The number of nitrogen functional groups attached to an aromatic ring is 1. The standard InChI is InChI=1S/C30H33N5O5/c1-6-40-19-9-11-20(22(15-19)27(37)33-18-8-12-24-25(14-18)35-29(31)34-24)21-10-7-17(13-23(21)28(38)39-5)26(36)32-16-30(2,3)4/h7-15H,6,16H2,1-5H3,(H,32,36)(H,33,37)(H3,31,34,35). The van der Waals surface area contributed by atoms with Gasteiger partial charge in [0.15, 0.2) is 5.95 Å². The van der Waals surface area contributed by atoms with E-state index < -0.39 is 11.9 Å². The summed E-state index contributed by atoms with van der Waals surface area (Å²) in [7, 11) is 1.27. The predicted octanol–water partition coefficient (Wildman–Crippen LogP) is 5.03. The van der Waals surface area contributed by atoms with Gasteiger partial charge in [0.2, 0.25) is 0 Å². The molecule has 1 heterocycles. The first-order valence-corrected chi connectivity index (χ1v) is 12.8. The molecule has 10 nitrogen and oxygen atoms in total. The second kappa shape index (κ2) is 11.5. The molecule has 0 aliphatic carbocycles. The van der Waals surface area contributed by atoms with Gasteiger partial charge in [0.1, 0.15) is 5.75 Å². The Kier molecular flexibility index (Phi) is 8.08. The van der Waals surface area contributed by atoms with Crippen LogP contribution in [0.4, 0.5) is 11.6 Å². The zero-order valence-corrected chi connectivity index (χ0v) is 23.2. The van der Waals surface area contributed by atoms with E-state index >= 15 is 0 Å². The lowest BCUT2D eigenvalue weighted by molar-refractivity contribution is 0.0601. The summed E-state index contributed by atoms with van der Waals surface area (Å²) in [5.74, 6) is -0.609. The number of hydrogen-bond acceptors (Lipinski definition) is 7. The van der Waals surface area contributed by atoms with Gasteiger partial charge in [0, 0.05) is 17.8 Å². The maximum Gasteiger partial charge on any atom is 0.338 e. The van der Waals surface area contributed by atoms with Gasteiger partial charge in [-0.3, -0.25) is 9.59 Å². The minimum Gasteiger partial charge on any atom is -0.494 e. The normalized spacial score (nSPS) is 11.2. The number of benzene rings is 3. The lowest BCUT2D eigenvalue weighted by Gasteiger charge is -2.19. The van der Waals surface area contributed by atoms with E-state index in [-0.39, 0.29) is 28.4 Å². The lowest BCUT2D eigenvalue weighted by atomic mass is 9.92. The number of hydrogen-bond donors (Lipinski definition) is 4. The first-order valence-electron chi connectivity index (χ1n) is 12.8. The number of aromatic amines is 1. The molecule has 5 N–H and O–H groups in total. The first kappa shape index (κ1) is 28.2. The number of nitrogens with one attached hydrogen (secondary N) is 3. The molecule has 0 atom stereocenters. The molecule has 0 unspecified atom stereocenters. The Morgan fingerprint density at radius 3 is 2.38 bits per heavy atom. The van der Waals surface area contributed by atoms with Crippen LogP contribution < -0.4 is 21.1 Å². The molecule has 0 fully saturated rings. The quantitative estimate of drug-likeness (QED) is 0.228. The third-order valence-electron chi connectivity index (χ3n) is 6.06. The van der Waals surface area contributed by atoms with E-state index in [4.69, 9.17) is 15.2 Å². The number of carbonyl (C=O) groups is 3. The fourth-order valence-electron chi connectivity index (χ4n) is 4.15. The van der Waals surface area contributed by atoms with Crippen molar-refractivity contribution in [3.05, 3.63) is 71.3 Å². The van der Waals surface area contributed by atoms with Gasteiger partial charge in [0.25, 0.3) is 11.8 Å². The number of esters is 1. The second-order valence-electron chi connectivity index (χ2n) is 10.4. The third-order valence-corrected chi connectivity index (χ3v) is 6.06. The maximum absolute atomic E-state index is 13.6. The van der Waals surface area contributed by atoms with Crippen LogP contribution in [0.25, 0.3) is 22.2 Å². The molecule has 208 valence electrons. The van der Waals surface area contributed by atoms with Crippen LogP contribution >= 0.6 is 0 Å². The van der Waals surface area contributed by atoms with Crippen molar-refractivity contribution in [3.8, 4) is 16.9 Å². The van der Waals surface area contributed by atoms with Crippen LogP contribution in [-0.4, -0.2) is 48.0 Å². The number of amides is 2. The Bertz CT molecular complexity index is 1590. The molecule has 1 aromatic heterocycles. The van der Waals surface area contributed by atoms with Crippen LogP contribution in [0.2, 0.25) is 0 Å². The summed E-state index contributed by atoms with van der Waals surface area (Å²) in [6.07, 6.45) is 0. The van der Waals surface area contributed by atoms with Crippen LogP contribution in [0.5, 0.6) is 5.75 Å². The van der Waals surface area contributed by atoms with E-state index in [9.17, 15) is 14.4 Å². The van der Waals surface area contributed by atoms with Crippen molar-refractivity contribution in [3.63, 3.8) is 0 Å². The number of methoxy groups -OCH3 is 1. The topological polar surface area (TPSA) is 148 Å². The molecule has 0 saturated carbocycles. The van der Waals surface area contributed by atoms with Crippen LogP contribution in [-0.2, 0) is 4.74 Å². The molecular formula is C30H33N5O5. The summed E-state index contributed by atoms with van der Waals surface area (Å²) in [5, 5.41) is 5.79. The zero-order chi connectivity index (χ0) is 29.0. The number of H-pyrrole nitrogens is 1. The van der Waals surface area contributed by atoms with Gasteiger partial charge in [-0.25, -0.2) is 9.78 Å². The largest absolute Gasteiger partial charge is 0.494 e. The minimum atomic E-state index is -0.636. The molecule has 40 heavy (non-hydrogen) atoms. The van der Waals surface area contributed by atoms with Gasteiger partial charge in [-0.15, -0.1) is 0 Å². The molecule has 4 rings (SSSR count). The summed E-state index contributed by atoms with van der Waals surface area (Å²) in [4.78, 5) is 46.4. The van der Waals surface area contributed by atoms with Gasteiger partial charge in [0.05, 0.1) is 35.9 Å². The van der Waals surface area contributed by atoms with Crippen molar-refractivity contribution in [2.75, 3.05) is 31.3 Å². The number of nitrogens with two attached hydrogens (primary N) is 1. The Morgan fingerprint density at radius 1 is 0.950 bits per heavy atom. The Morgan fingerprint density at radius 2 is 1.68 bits per heavy atom. The lowest BCUT2D eigenvalue weighted by Crippen LogP contribution is -2.32. The number of rotatable bonds is 8. The Labute approximate surface area is 232 Å². The Hall–Kier alpha value is -4.86. The average molecular weight is 544 g/mol. The average Bonchev–Trinajstić information content (AvgIpc) is 3.30. The van der Waals surface area contributed by atoms with Crippen molar-refractivity contribution in [1.29, 1.82) is 0 Å². The van der Waals surface area contributed by atoms with Crippen LogP contribution in [0.1, 0.15) is 58.8 Å². The smallest absolute Gasteiger partial charge is 0.338 e. The number of aromatic nitrogens is 2. The number of imidazole rings is 1. The number of ether oxygens (including phenoxy) is 2. The highest BCUT2D eigenvalue weighted by Gasteiger charge is 2.23. The van der Waals surface area contributed by atoms with E-state index in [1.165, 1.54) is 13.2 Å². The fourth-order valence-corrected chi connectivity index (χ4v) is 4.15. The van der Waals surface area contributed by atoms with Gasteiger partial charge in [-0.05, 0) is 72.0 Å². The second-order valence-corrected chi connectivity index (χ2v) is 10.4. The van der Waals surface area contributed by atoms with Crippen molar-refractivity contribution in [1.82, 2.24) is 15.3 Å². The SMILES string of the molecule is CCOc1ccc(-c2ccc(C(=O)NCC(C)(C)C)cc2C(=O)OC)c(C(=O)Nc2ccc3nc(N)[nH]c3c2)c1. The molecule has 2 amide bonds. The monoisotopic (exact) mass is 543 g/mol. The van der Waals surface area contributed by atoms with E-state index in [0.717, 1.165) is 0 Å². The summed E-state index contributed by atoms with van der Waals surface area (Å²) >= 11 is 0. The highest BCUT2D eigenvalue weighted by atomic mass is 16.5. The van der Waals surface area contributed by atoms with E-state index in [1.807, 2.05) is 27.7 Å². The number of nitrogens with zero attached hydrogens (tertiary/aromatic N) is 1. The first-order chi connectivity index (χ1) is 19.0.